The largest absolute Gasteiger partial charge is 0.378 e. The van der Waals surface area contributed by atoms with Crippen molar-refractivity contribution in [2.75, 3.05) is 26.3 Å². The Kier molecular flexibility index (Phi) is 3.93. The van der Waals surface area contributed by atoms with Gasteiger partial charge in [0.15, 0.2) is 6.29 Å². The zero-order valence-electron chi connectivity index (χ0n) is 9.67. The quantitative estimate of drug-likeness (QED) is 0.717. The molecule has 1 aliphatic rings. The first-order valence-corrected chi connectivity index (χ1v) is 5.77. The Hall–Kier alpha value is -1.62. The number of amides is 1. The molecule has 0 saturated carbocycles. The Morgan fingerprint density at radius 1 is 1.41 bits per heavy atom. The minimum absolute atomic E-state index is 0.124. The van der Waals surface area contributed by atoms with Crippen molar-refractivity contribution in [3.63, 3.8) is 0 Å². The number of carbonyl (C=O) groups is 2. The predicted molar refractivity (Wildman–Crippen MR) is 61.8 cm³/mol. The van der Waals surface area contributed by atoms with Crippen LogP contribution in [0.3, 0.4) is 0 Å². The molecule has 1 aliphatic heterocycles. The molecule has 1 aromatic heterocycles. The normalized spacial score (nSPS) is 15.9. The van der Waals surface area contributed by atoms with Gasteiger partial charge in [0.2, 0.25) is 5.91 Å². The van der Waals surface area contributed by atoms with Gasteiger partial charge in [0.25, 0.3) is 0 Å². The summed E-state index contributed by atoms with van der Waals surface area (Å²) in [7, 11) is 0. The molecule has 1 amide bonds. The van der Waals surface area contributed by atoms with Gasteiger partial charge in [-0.25, -0.2) is 0 Å². The van der Waals surface area contributed by atoms with E-state index in [1.54, 1.807) is 10.6 Å². The highest BCUT2D eigenvalue weighted by Crippen LogP contribution is 2.04. The van der Waals surface area contributed by atoms with E-state index in [9.17, 15) is 9.59 Å². The third-order valence-electron chi connectivity index (χ3n) is 2.92. The second-order valence-corrected chi connectivity index (χ2v) is 3.99. The summed E-state index contributed by atoms with van der Waals surface area (Å²) in [4.78, 5) is 24.4. The molecule has 5 heteroatoms. The van der Waals surface area contributed by atoms with Crippen molar-refractivity contribution in [3.05, 3.63) is 24.0 Å². The van der Waals surface area contributed by atoms with Crippen LogP contribution in [0.15, 0.2) is 18.3 Å². The molecule has 0 bridgehead atoms. The second-order valence-electron chi connectivity index (χ2n) is 3.99. The summed E-state index contributed by atoms with van der Waals surface area (Å²) in [5, 5.41) is 0. The van der Waals surface area contributed by atoms with Crippen LogP contribution in [0, 0.1) is 0 Å². The van der Waals surface area contributed by atoms with Crippen LogP contribution in [0.5, 0.6) is 0 Å². The average molecular weight is 236 g/mol. The van der Waals surface area contributed by atoms with Crippen LogP contribution in [0.2, 0.25) is 0 Å². The van der Waals surface area contributed by atoms with Gasteiger partial charge in [0.1, 0.15) is 0 Å². The van der Waals surface area contributed by atoms with E-state index < -0.39 is 0 Å². The average Bonchev–Trinajstić information content (AvgIpc) is 2.84. The lowest BCUT2D eigenvalue weighted by atomic mass is 10.3. The first-order valence-electron chi connectivity index (χ1n) is 5.77. The van der Waals surface area contributed by atoms with Gasteiger partial charge in [-0.15, -0.1) is 0 Å². The Morgan fingerprint density at radius 3 is 2.88 bits per heavy atom. The van der Waals surface area contributed by atoms with Crippen LogP contribution in [0.1, 0.15) is 16.9 Å². The Bertz CT molecular complexity index is 394. The van der Waals surface area contributed by atoms with Crippen molar-refractivity contribution in [3.8, 4) is 0 Å². The van der Waals surface area contributed by atoms with Gasteiger partial charge < -0.3 is 14.2 Å². The van der Waals surface area contributed by atoms with Crippen LogP contribution >= 0.6 is 0 Å². The van der Waals surface area contributed by atoms with Gasteiger partial charge >= 0.3 is 0 Å². The number of nitrogens with zero attached hydrogens (tertiary/aromatic N) is 2. The third-order valence-corrected chi connectivity index (χ3v) is 2.92. The smallest absolute Gasteiger partial charge is 0.224 e. The molecule has 17 heavy (non-hydrogen) atoms. The van der Waals surface area contributed by atoms with Crippen LogP contribution in [-0.2, 0) is 16.1 Å². The molecule has 0 radical (unpaired) electrons. The second kappa shape index (κ2) is 5.63. The molecule has 1 saturated heterocycles. The number of hydrogen-bond acceptors (Lipinski definition) is 3. The maximum Gasteiger partial charge on any atom is 0.224 e. The number of carbonyl (C=O) groups excluding carboxylic acids is 2. The minimum Gasteiger partial charge on any atom is -0.378 e. The van der Waals surface area contributed by atoms with Gasteiger partial charge in [-0.1, -0.05) is 0 Å². The molecule has 0 unspecified atom stereocenters. The molecule has 5 nitrogen and oxygen atoms in total. The molecular weight excluding hydrogens is 220 g/mol. The number of aldehydes is 1. The van der Waals surface area contributed by atoms with Crippen molar-refractivity contribution in [2.45, 2.75) is 13.0 Å². The monoisotopic (exact) mass is 236 g/mol. The van der Waals surface area contributed by atoms with Crippen LogP contribution in [-0.4, -0.2) is 48.0 Å². The van der Waals surface area contributed by atoms with E-state index in [0.29, 0.717) is 45.0 Å². The zero-order chi connectivity index (χ0) is 12.1. The Labute approximate surface area is 100.0 Å². The lowest BCUT2D eigenvalue weighted by molar-refractivity contribution is -0.135. The van der Waals surface area contributed by atoms with Gasteiger partial charge in [-0.2, -0.15) is 0 Å². The minimum atomic E-state index is 0.124. The molecule has 2 rings (SSSR count). The number of aryl methyl sites for hydroxylation is 1. The van der Waals surface area contributed by atoms with E-state index in [-0.39, 0.29) is 5.91 Å². The summed E-state index contributed by atoms with van der Waals surface area (Å²) in [5.74, 6) is 0.124. The first kappa shape index (κ1) is 11.9. The van der Waals surface area contributed by atoms with E-state index in [2.05, 4.69) is 0 Å². The van der Waals surface area contributed by atoms with E-state index in [0.717, 1.165) is 6.29 Å². The van der Waals surface area contributed by atoms with Crippen molar-refractivity contribution in [1.29, 1.82) is 0 Å². The fourth-order valence-electron chi connectivity index (χ4n) is 1.92. The molecular formula is C12H16N2O3. The molecule has 0 aliphatic carbocycles. The molecule has 2 heterocycles. The lowest BCUT2D eigenvalue weighted by Gasteiger charge is -2.27. The van der Waals surface area contributed by atoms with Crippen molar-refractivity contribution in [2.24, 2.45) is 0 Å². The molecule has 0 atom stereocenters. The molecule has 1 fully saturated rings. The fraction of sp³-hybridized carbons (Fsp3) is 0.500. The number of aromatic nitrogens is 1. The third kappa shape index (κ3) is 2.94. The first-order chi connectivity index (χ1) is 8.31. The summed E-state index contributed by atoms with van der Waals surface area (Å²) in [6.07, 6.45) is 3.05. The Morgan fingerprint density at radius 2 is 2.18 bits per heavy atom. The summed E-state index contributed by atoms with van der Waals surface area (Å²) < 4.78 is 6.99. The van der Waals surface area contributed by atoms with Crippen LogP contribution < -0.4 is 0 Å². The van der Waals surface area contributed by atoms with Gasteiger partial charge in [-0.3, -0.25) is 9.59 Å². The number of hydrogen-bond donors (Lipinski definition) is 0. The standard InChI is InChI=1S/C12H16N2O3/c15-10-11-2-1-4-13(11)5-3-12(16)14-6-8-17-9-7-14/h1-2,4,10H,3,5-9H2. The maximum absolute atomic E-state index is 11.9. The molecule has 0 aromatic carbocycles. The topological polar surface area (TPSA) is 51.5 Å². The predicted octanol–water partition coefficient (Wildman–Crippen LogP) is 0.549. The summed E-state index contributed by atoms with van der Waals surface area (Å²) >= 11 is 0. The molecule has 0 spiro atoms. The molecule has 0 N–H and O–H groups in total. The summed E-state index contributed by atoms with van der Waals surface area (Å²) in [6, 6.07) is 3.55. The summed E-state index contributed by atoms with van der Waals surface area (Å²) in [6.45, 7) is 3.14. The number of ether oxygens (including phenoxy) is 1. The highest BCUT2D eigenvalue weighted by Gasteiger charge is 2.16. The van der Waals surface area contributed by atoms with Crippen molar-refractivity contribution in [1.82, 2.24) is 9.47 Å². The Balaban J connectivity index is 1.85. The highest BCUT2D eigenvalue weighted by molar-refractivity contribution is 5.76. The van der Waals surface area contributed by atoms with Gasteiger partial charge in [-0.05, 0) is 12.1 Å². The lowest BCUT2D eigenvalue weighted by Crippen LogP contribution is -2.41. The van der Waals surface area contributed by atoms with Gasteiger partial charge in [0.05, 0.1) is 18.9 Å². The SMILES string of the molecule is O=Cc1cccn1CCC(=O)N1CCOCC1. The van der Waals surface area contributed by atoms with Gasteiger partial charge in [0, 0.05) is 32.3 Å². The number of morpholine rings is 1. The van der Waals surface area contributed by atoms with Crippen LogP contribution in [0.25, 0.3) is 0 Å². The van der Waals surface area contributed by atoms with Crippen molar-refractivity contribution >= 4 is 12.2 Å². The zero-order valence-corrected chi connectivity index (χ0v) is 9.67. The highest BCUT2D eigenvalue weighted by atomic mass is 16.5. The van der Waals surface area contributed by atoms with E-state index in [1.165, 1.54) is 0 Å². The van der Waals surface area contributed by atoms with E-state index >= 15 is 0 Å². The van der Waals surface area contributed by atoms with E-state index in [1.807, 2.05) is 17.2 Å². The van der Waals surface area contributed by atoms with Crippen molar-refractivity contribution < 1.29 is 14.3 Å². The van der Waals surface area contributed by atoms with E-state index in [4.69, 9.17) is 4.74 Å². The summed E-state index contributed by atoms with van der Waals surface area (Å²) in [5.41, 5.74) is 0.611. The number of rotatable bonds is 4. The van der Waals surface area contributed by atoms with Crippen LogP contribution in [0.4, 0.5) is 0 Å². The molecule has 92 valence electrons. The fourth-order valence-corrected chi connectivity index (χ4v) is 1.92. The molecule has 1 aromatic rings. The maximum atomic E-state index is 11.9.